The molecule has 1 aliphatic carbocycles. The van der Waals surface area contributed by atoms with Crippen LogP contribution in [0.5, 0.6) is 0 Å². The number of carbonyl (C=O) groups excluding carboxylic acids is 1. The number of hydrogen-bond acceptors (Lipinski definition) is 3. The van der Waals surface area contributed by atoms with Crippen molar-refractivity contribution in [3.05, 3.63) is 29.8 Å². The highest BCUT2D eigenvalue weighted by Crippen LogP contribution is 2.27. The Labute approximate surface area is 126 Å². The summed E-state index contributed by atoms with van der Waals surface area (Å²) in [5.74, 6) is 0.784. The maximum Gasteiger partial charge on any atom is 0.232 e. The number of thioether (sulfide) groups is 1. The highest BCUT2D eigenvalue weighted by molar-refractivity contribution is 8.00. The number of nitrogens with zero attached hydrogens (tertiary/aromatic N) is 1. The molecule has 0 aliphatic heterocycles. The fourth-order valence-electron chi connectivity index (χ4n) is 2.03. The van der Waals surface area contributed by atoms with Crippen LogP contribution in [0.1, 0.15) is 31.7 Å². The third-order valence-electron chi connectivity index (χ3n) is 3.53. The third-order valence-corrected chi connectivity index (χ3v) is 4.53. The predicted octanol–water partition coefficient (Wildman–Crippen LogP) is 2.90. The summed E-state index contributed by atoms with van der Waals surface area (Å²) in [7, 11) is 1.92. The topological polar surface area (TPSA) is 32.3 Å². The first-order chi connectivity index (χ1) is 9.70. The number of benzene rings is 1. The number of amides is 1. The molecular weight excluding hydrogens is 268 g/mol. The van der Waals surface area contributed by atoms with Gasteiger partial charge in [-0.05, 0) is 43.5 Å². The number of hydrogen-bond donors (Lipinski definition) is 1. The number of rotatable bonds is 8. The molecule has 0 spiro atoms. The smallest absolute Gasteiger partial charge is 0.232 e. The zero-order chi connectivity index (χ0) is 14.4. The number of carbonyl (C=O) groups is 1. The van der Waals surface area contributed by atoms with Crippen LogP contribution < -0.4 is 5.32 Å². The number of nitrogens with one attached hydrogen (secondary N) is 1. The van der Waals surface area contributed by atoms with Gasteiger partial charge in [0, 0.05) is 24.5 Å². The molecule has 0 radical (unpaired) electrons. The van der Waals surface area contributed by atoms with E-state index in [2.05, 4.69) is 36.5 Å². The van der Waals surface area contributed by atoms with E-state index in [0.717, 1.165) is 19.5 Å². The van der Waals surface area contributed by atoms with Crippen LogP contribution >= 0.6 is 11.8 Å². The quantitative estimate of drug-likeness (QED) is 0.590. The van der Waals surface area contributed by atoms with E-state index in [9.17, 15) is 4.79 Å². The molecule has 1 fully saturated rings. The van der Waals surface area contributed by atoms with E-state index in [0.29, 0.717) is 11.8 Å². The van der Waals surface area contributed by atoms with E-state index < -0.39 is 0 Å². The normalized spacial score (nSPS) is 14.3. The maximum atomic E-state index is 11.9. The molecule has 20 heavy (non-hydrogen) atoms. The monoisotopic (exact) mass is 292 g/mol. The van der Waals surface area contributed by atoms with Gasteiger partial charge in [0.2, 0.25) is 5.91 Å². The molecule has 0 bridgehead atoms. The Hall–Kier alpha value is -1.00. The maximum absolute atomic E-state index is 11.9. The lowest BCUT2D eigenvalue weighted by atomic mass is 10.2. The van der Waals surface area contributed by atoms with E-state index in [1.54, 1.807) is 11.8 Å². The van der Waals surface area contributed by atoms with Crippen molar-refractivity contribution in [2.24, 2.45) is 0 Å². The van der Waals surface area contributed by atoms with E-state index in [1.807, 2.05) is 11.9 Å². The molecule has 2 rings (SSSR count). The minimum atomic E-state index is 0.242. The van der Waals surface area contributed by atoms with Gasteiger partial charge >= 0.3 is 0 Å². The van der Waals surface area contributed by atoms with Gasteiger partial charge in [0.05, 0.1) is 5.75 Å². The van der Waals surface area contributed by atoms with Crippen LogP contribution in [-0.4, -0.2) is 36.2 Å². The van der Waals surface area contributed by atoms with Gasteiger partial charge in [-0.2, -0.15) is 0 Å². The molecule has 1 aromatic carbocycles. The van der Waals surface area contributed by atoms with Crippen LogP contribution in [-0.2, 0) is 11.3 Å². The minimum absolute atomic E-state index is 0.242. The summed E-state index contributed by atoms with van der Waals surface area (Å²) in [6.45, 7) is 4.14. The van der Waals surface area contributed by atoms with E-state index in [4.69, 9.17) is 0 Å². The molecule has 0 unspecified atom stereocenters. The second-order valence-corrected chi connectivity index (χ2v) is 6.39. The lowest BCUT2D eigenvalue weighted by Crippen LogP contribution is -2.30. The molecule has 0 heterocycles. The zero-order valence-electron chi connectivity index (χ0n) is 12.4. The summed E-state index contributed by atoms with van der Waals surface area (Å²) in [4.78, 5) is 15.0. The van der Waals surface area contributed by atoms with Gasteiger partial charge < -0.3 is 10.2 Å². The van der Waals surface area contributed by atoms with Crippen LogP contribution in [0.3, 0.4) is 0 Å². The molecule has 1 aliphatic rings. The van der Waals surface area contributed by atoms with Crippen molar-refractivity contribution >= 4 is 17.7 Å². The second kappa shape index (κ2) is 7.70. The van der Waals surface area contributed by atoms with E-state index in [-0.39, 0.29) is 5.91 Å². The Kier molecular flexibility index (Phi) is 5.92. The van der Waals surface area contributed by atoms with Crippen molar-refractivity contribution in [3.8, 4) is 0 Å². The lowest BCUT2D eigenvalue weighted by Gasteiger charge is -2.15. The summed E-state index contributed by atoms with van der Waals surface area (Å²) in [5, 5.41) is 3.39. The van der Waals surface area contributed by atoms with E-state index >= 15 is 0 Å². The van der Waals surface area contributed by atoms with Crippen molar-refractivity contribution in [2.45, 2.75) is 43.7 Å². The van der Waals surface area contributed by atoms with Gasteiger partial charge in [-0.15, -0.1) is 11.8 Å². The first-order valence-electron chi connectivity index (χ1n) is 7.39. The third kappa shape index (κ3) is 4.84. The highest BCUT2D eigenvalue weighted by Gasteiger charge is 2.29. The molecule has 0 aromatic heterocycles. The van der Waals surface area contributed by atoms with Crippen LogP contribution in [0.2, 0.25) is 0 Å². The Bertz CT molecular complexity index is 429. The molecule has 1 saturated carbocycles. The average Bonchev–Trinajstić information content (AvgIpc) is 3.30. The predicted molar refractivity (Wildman–Crippen MR) is 85.0 cm³/mol. The SMILES string of the molecule is CCCNCc1ccc(SCC(=O)N(C)C2CC2)cc1. The van der Waals surface area contributed by atoms with Gasteiger partial charge in [-0.1, -0.05) is 19.1 Å². The molecule has 1 aromatic rings. The van der Waals surface area contributed by atoms with Gasteiger partial charge in [0.25, 0.3) is 0 Å². The lowest BCUT2D eigenvalue weighted by molar-refractivity contribution is -0.127. The van der Waals surface area contributed by atoms with Crippen molar-refractivity contribution in [1.29, 1.82) is 0 Å². The summed E-state index contributed by atoms with van der Waals surface area (Å²) in [6.07, 6.45) is 3.50. The Balaban J connectivity index is 1.74. The molecular formula is C16H24N2OS. The van der Waals surface area contributed by atoms with Gasteiger partial charge in [0.15, 0.2) is 0 Å². The summed E-state index contributed by atoms with van der Waals surface area (Å²) >= 11 is 1.63. The summed E-state index contributed by atoms with van der Waals surface area (Å²) in [5.41, 5.74) is 1.30. The molecule has 1 N–H and O–H groups in total. The van der Waals surface area contributed by atoms with Crippen molar-refractivity contribution in [2.75, 3.05) is 19.3 Å². The Morgan fingerprint density at radius 3 is 2.65 bits per heavy atom. The highest BCUT2D eigenvalue weighted by atomic mass is 32.2. The zero-order valence-corrected chi connectivity index (χ0v) is 13.2. The van der Waals surface area contributed by atoms with Crippen LogP contribution in [0.25, 0.3) is 0 Å². The fraction of sp³-hybridized carbons (Fsp3) is 0.562. The molecule has 1 amide bonds. The average molecular weight is 292 g/mol. The van der Waals surface area contributed by atoms with Crippen LogP contribution in [0.4, 0.5) is 0 Å². The standard InChI is InChI=1S/C16H24N2OS/c1-3-10-17-11-13-4-8-15(9-5-13)20-12-16(19)18(2)14-6-7-14/h4-5,8-9,14,17H,3,6-7,10-12H2,1-2H3. The van der Waals surface area contributed by atoms with Crippen molar-refractivity contribution in [1.82, 2.24) is 10.2 Å². The first-order valence-corrected chi connectivity index (χ1v) is 8.37. The minimum Gasteiger partial charge on any atom is -0.342 e. The first kappa shape index (κ1) is 15.4. The molecule has 4 heteroatoms. The van der Waals surface area contributed by atoms with E-state index in [1.165, 1.54) is 23.3 Å². The van der Waals surface area contributed by atoms with Gasteiger partial charge in [0.1, 0.15) is 0 Å². The fourth-order valence-corrected chi connectivity index (χ4v) is 2.85. The van der Waals surface area contributed by atoms with Gasteiger partial charge in [-0.25, -0.2) is 0 Å². The van der Waals surface area contributed by atoms with Crippen LogP contribution in [0.15, 0.2) is 29.2 Å². The van der Waals surface area contributed by atoms with Crippen molar-refractivity contribution in [3.63, 3.8) is 0 Å². The molecule has 0 atom stereocenters. The van der Waals surface area contributed by atoms with Crippen molar-refractivity contribution < 1.29 is 4.79 Å². The molecule has 0 saturated heterocycles. The summed E-state index contributed by atoms with van der Waals surface area (Å²) < 4.78 is 0. The molecule has 3 nitrogen and oxygen atoms in total. The Morgan fingerprint density at radius 1 is 1.35 bits per heavy atom. The van der Waals surface area contributed by atoms with Gasteiger partial charge in [-0.3, -0.25) is 4.79 Å². The largest absolute Gasteiger partial charge is 0.342 e. The second-order valence-electron chi connectivity index (χ2n) is 5.35. The Morgan fingerprint density at radius 2 is 2.05 bits per heavy atom. The summed E-state index contributed by atoms with van der Waals surface area (Å²) in [6, 6.07) is 9.01. The van der Waals surface area contributed by atoms with Crippen LogP contribution in [0, 0.1) is 0 Å². The molecule has 110 valence electrons.